The van der Waals surface area contributed by atoms with Crippen LogP contribution < -0.4 is 5.73 Å². The molecule has 1 heterocycles. The molecule has 0 aliphatic heterocycles. The summed E-state index contributed by atoms with van der Waals surface area (Å²) >= 11 is 3.61. The quantitative estimate of drug-likeness (QED) is 0.855. The van der Waals surface area contributed by atoms with Crippen molar-refractivity contribution in [2.75, 3.05) is 0 Å². The maximum Gasteiger partial charge on any atom is 0.0594 e. The first-order valence-electron chi connectivity index (χ1n) is 5.98. The number of nitrogens with zero attached hydrogens (tertiary/aromatic N) is 1. The van der Waals surface area contributed by atoms with Crippen LogP contribution in [-0.2, 0) is 6.42 Å². The summed E-state index contributed by atoms with van der Waals surface area (Å²) in [6.07, 6.45) is 5.54. The third kappa shape index (κ3) is 1.83. The largest absolute Gasteiger partial charge is 0.324 e. The molecule has 1 aromatic carbocycles. The predicted octanol–water partition coefficient (Wildman–Crippen LogP) is 3.58. The average Bonchev–Trinajstić information content (AvgIpc) is 2.75. The Morgan fingerprint density at radius 2 is 2.06 bits per heavy atom. The van der Waals surface area contributed by atoms with Crippen molar-refractivity contribution in [3.05, 3.63) is 52.3 Å². The molecule has 1 unspecified atom stereocenters. The number of para-hydroxylation sites is 1. The Morgan fingerprint density at radius 1 is 1.24 bits per heavy atom. The van der Waals surface area contributed by atoms with Crippen LogP contribution in [0.25, 0.3) is 5.69 Å². The molecule has 3 rings (SSSR count). The minimum Gasteiger partial charge on any atom is -0.324 e. The van der Waals surface area contributed by atoms with Crippen molar-refractivity contribution in [3.63, 3.8) is 0 Å². The molecule has 0 spiro atoms. The maximum atomic E-state index is 6.15. The van der Waals surface area contributed by atoms with Crippen LogP contribution in [0.3, 0.4) is 0 Å². The first kappa shape index (κ1) is 11.1. The summed E-state index contributed by atoms with van der Waals surface area (Å²) in [5, 5.41) is 0. The van der Waals surface area contributed by atoms with Crippen LogP contribution in [0, 0.1) is 0 Å². The van der Waals surface area contributed by atoms with E-state index in [1.807, 2.05) is 6.07 Å². The van der Waals surface area contributed by atoms with E-state index in [4.69, 9.17) is 5.73 Å². The zero-order valence-corrected chi connectivity index (χ0v) is 11.2. The monoisotopic (exact) mass is 290 g/mol. The summed E-state index contributed by atoms with van der Waals surface area (Å²) in [6.45, 7) is 0. The number of hydrogen-bond acceptors (Lipinski definition) is 1. The number of nitrogens with two attached hydrogens (primary N) is 1. The third-order valence-electron chi connectivity index (χ3n) is 3.47. The van der Waals surface area contributed by atoms with Crippen molar-refractivity contribution in [3.8, 4) is 5.69 Å². The van der Waals surface area contributed by atoms with Gasteiger partial charge in [-0.15, -0.1) is 0 Å². The fraction of sp³-hybridized carbons (Fsp3) is 0.286. The number of hydrogen-bond donors (Lipinski definition) is 1. The third-order valence-corrected chi connectivity index (χ3v) is 4.14. The van der Waals surface area contributed by atoms with Gasteiger partial charge in [0, 0.05) is 22.4 Å². The van der Waals surface area contributed by atoms with E-state index < -0.39 is 0 Å². The van der Waals surface area contributed by atoms with Gasteiger partial charge in [-0.25, -0.2) is 0 Å². The lowest BCUT2D eigenvalue weighted by Gasteiger charge is -2.21. The van der Waals surface area contributed by atoms with Crippen molar-refractivity contribution < 1.29 is 0 Å². The van der Waals surface area contributed by atoms with Crippen LogP contribution in [0.5, 0.6) is 0 Å². The van der Waals surface area contributed by atoms with E-state index >= 15 is 0 Å². The van der Waals surface area contributed by atoms with E-state index in [2.05, 4.69) is 51.0 Å². The van der Waals surface area contributed by atoms with E-state index in [0.29, 0.717) is 0 Å². The number of aromatic nitrogens is 1. The highest BCUT2D eigenvalue weighted by Crippen LogP contribution is 2.32. The number of halogens is 1. The molecule has 3 heteroatoms. The highest BCUT2D eigenvalue weighted by atomic mass is 79.9. The molecule has 0 saturated heterocycles. The average molecular weight is 291 g/mol. The van der Waals surface area contributed by atoms with Crippen molar-refractivity contribution in [1.82, 2.24) is 4.57 Å². The number of benzene rings is 1. The molecule has 0 amide bonds. The van der Waals surface area contributed by atoms with Gasteiger partial charge in [-0.05, 0) is 59.0 Å². The standard InChI is InChI=1S/C14H15BrN2/c15-11-4-1-2-6-14(11)17-9-8-10-12(16)5-3-7-13(10)17/h1-2,4,6,8-9,12H,3,5,7,16H2. The Labute approximate surface area is 110 Å². The fourth-order valence-corrected chi connectivity index (χ4v) is 3.08. The van der Waals surface area contributed by atoms with E-state index in [1.165, 1.54) is 23.4 Å². The lowest BCUT2D eigenvalue weighted by molar-refractivity contribution is 0.560. The molecule has 1 aliphatic rings. The molecule has 2 N–H and O–H groups in total. The topological polar surface area (TPSA) is 30.9 Å². The molecule has 0 bridgehead atoms. The molecule has 1 aromatic heterocycles. The Bertz CT molecular complexity index is 545. The van der Waals surface area contributed by atoms with Gasteiger partial charge in [0.05, 0.1) is 5.69 Å². The highest BCUT2D eigenvalue weighted by Gasteiger charge is 2.20. The van der Waals surface area contributed by atoms with E-state index in [1.54, 1.807) is 0 Å². The molecule has 2 aromatic rings. The van der Waals surface area contributed by atoms with Gasteiger partial charge in [0.2, 0.25) is 0 Å². The van der Waals surface area contributed by atoms with Gasteiger partial charge < -0.3 is 10.3 Å². The van der Waals surface area contributed by atoms with Gasteiger partial charge in [0.1, 0.15) is 0 Å². The number of fused-ring (bicyclic) bond motifs is 1. The molecule has 1 atom stereocenters. The van der Waals surface area contributed by atoms with Crippen LogP contribution >= 0.6 is 15.9 Å². The van der Waals surface area contributed by atoms with Crippen LogP contribution in [0.1, 0.15) is 30.1 Å². The van der Waals surface area contributed by atoms with Crippen LogP contribution in [-0.4, -0.2) is 4.57 Å². The van der Waals surface area contributed by atoms with Crippen molar-refractivity contribution in [2.24, 2.45) is 5.73 Å². The molecular formula is C14H15BrN2. The maximum absolute atomic E-state index is 6.15. The van der Waals surface area contributed by atoms with E-state index in [-0.39, 0.29) is 6.04 Å². The second-order valence-corrected chi connectivity index (χ2v) is 5.39. The fourth-order valence-electron chi connectivity index (χ4n) is 2.60. The van der Waals surface area contributed by atoms with Crippen LogP contribution in [0.2, 0.25) is 0 Å². The summed E-state index contributed by atoms with van der Waals surface area (Å²) in [4.78, 5) is 0. The highest BCUT2D eigenvalue weighted by molar-refractivity contribution is 9.10. The molecule has 1 aliphatic carbocycles. The van der Waals surface area contributed by atoms with Gasteiger partial charge in [0.25, 0.3) is 0 Å². The van der Waals surface area contributed by atoms with Crippen LogP contribution in [0.4, 0.5) is 0 Å². The first-order chi connectivity index (χ1) is 8.27. The predicted molar refractivity (Wildman–Crippen MR) is 73.3 cm³/mol. The minimum atomic E-state index is 0.211. The lowest BCUT2D eigenvalue weighted by Crippen LogP contribution is -2.17. The zero-order valence-electron chi connectivity index (χ0n) is 9.57. The summed E-state index contributed by atoms with van der Waals surface area (Å²) in [5.74, 6) is 0. The second kappa shape index (κ2) is 4.31. The Hall–Kier alpha value is -1.06. The molecule has 0 fully saturated rings. The molecule has 0 radical (unpaired) electrons. The minimum absolute atomic E-state index is 0.211. The van der Waals surface area contributed by atoms with Gasteiger partial charge >= 0.3 is 0 Å². The van der Waals surface area contributed by atoms with Gasteiger partial charge in [-0.3, -0.25) is 0 Å². The van der Waals surface area contributed by atoms with Crippen molar-refractivity contribution in [1.29, 1.82) is 0 Å². The Kier molecular flexibility index (Phi) is 2.81. The van der Waals surface area contributed by atoms with Crippen molar-refractivity contribution >= 4 is 15.9 Å². The van der Waals surface area contributed by atoms with E-state index in [9.17, 15) is 0 Å². The normalized spacial score (nSPS) is 19.1. The summed E-state index contributed by atoms with van der Waals surface area (Å²) in [6, 6.07) is 10.7. The lowest BCUT2D eigenvalue weighted by atomic mass is 9.93. The summed E-state index contributed by atoms with van der Waals surface area (Å²) < 4.78 is 3.39. The first-order valence-corrected chi connectivity index (χ1v) is 6.77. The molecular weight excluding hydrogens is 276 g/mol. The smallest absolute Gasteiger partial charge is 0.0594 e. The second-order valence-electron chi connectivity index (χ2n) is 4.54. The Balaban J connectivity index is 2.14. The number of rotatable bonds is 1. The van der Waals surface area contributed by atoms with Gasteiger partial charge in [-0.1, -0.05) is 12.1 Å². The zero-order chi connectivity index (χ0) is 11.8. The molecule has 88 valence electrons. The van der Waals surface area contributed by atoms with Crippen LogP contribution in [0.15, 0.2) is 41.0 Å². The molecule has 0 saturated carbocycles. The Morgan fingerprint density at radius 3 is 2.88 bits per heavy atom. The molecule has 2 nitrogen and oxygen atoms in total. The summed E-state index contributed by atoms with van der Waals surface area (Å²) in [5.41, 5.74) is 10.0. The van der Waals surface area contributed by atoms with Gasteiger partial charge in [-0.2, -0.15) is 0 Å². The molecule has 17 heavy (non-hydrogen) atoms. The van der Waals surface area contributed by atoms with E-state index in [0.717, 1.165) is 17.3 Å². The van der Waals surface area contributed by atoms with Gasteiger partial charge in [0.15, 0.2) is 0 Å². The SMILES string of the molecule is NC1CCCc2c1ccn2-c1ccccc1Br. The summed E-state index contributed by atoms with van der Waals surface area (Å²) in [7, 11) is 0. The van der Waals surface area contributed by atoms with Crippen molar-refractivity contribution in [2.45, 2.75) is 25.3 Å².